The van der Waals surface area contributed by atoms with E-state index in [4.69, 9.17) is 5.73 Å². The third-order valence-corrected chi connectivity index (χ3v) is 2.86. The first kappa shape index (κ1) is 13.7. The Morgan fingerprint density at radius 3 is 2.65 bits per heavy atom. The molecule has 102 valence electrons. The van der Waals surface area contributed by atoms with Crippen LogP contribution in [0.2, 0.25) is 0 Å². The summed E-state index contributed by atoms with van der Waals surface area (Å²) in [5.74, 6) is -1.92. The molecular weight excluding hydrogens is 261 g/mol. The van der Waals surface area contributed by atoms with Gasteiger partial charge >= 0.3 is 0 Å². The largest absolute Gasteiger partial charge is 0.366 e. The fourth-order valence-corrected chi connectivity index (χ4v) is 1.79. The van der Waals surface area contributed by atoms with Gasteiger partial charge in [0.25, 0.3) is 5.91 Å². The Bertz CT molecular complexity index is 686. The van der Waals surface area contributed by atoms with Crippen molar-refractivity contribution in [3.63, 3.8) is 0 Å². The van der Waals surface area contributed by atoms with E-state index in [0.29, 0.717) is 16.8 Å². The molecular formula is C14H12FN3O2. The number of carbonyl (C=O) groups is 2. The second-order valence-corrected chi connectivity index (χ2v) is 4.15. The molecule has 0 fully saturated rings. The van der Waals surface area contributed by atoms with E-state index in [2.05, 4.69) is 10.3 Å². The molecule has 3 N–H and O–H groups in total. The average Bonchev–Trinajstić information content (AvgIpc) is 2.41. The number of pyridine rings is 1. The highest BCUT2D eigenvalue weighted by atomic mass is 19.1. The highest BCUT2D eigenvalue weighted by Crippen LogP contribution is 2.19. The molecule has 1 aromatic heterocycles. The van der Waals surface area contributed by atoms with E-state index in [1.165, 1.54) is 12.3 Å². The van der Waals surface area contributed by atoms with Gasteiger partial charge in [-0.15, -0.1) is 0 Å². The van der Waals surface area contributed by atoms with Crippen LogP contribution in [0.5, 0.6) is 0 Å². The Balaban J connectivity index is 2.32. The van der Waals surface area contributed by atoms with Crippen LogP contribution in [0, 0.1) is 12.7 Å². The predicted octanol–water partition coefficient (Wildman–Crippen LogP) is 1.88. The summed E-state index contributed by atoms with van der Waals surface area (Å²) >= 11 is 0. The molecule has 20 heavy (non-hydrogen) atoms. The lowest BCUT2D eigenvalue weighted by atomic mass is 10.1. The maximum Gasteiger partial charge on any atom is 0.258 e. The van der Waals surface area contributed by atoms with E-state index in [1.54, 1.807) is 25.1 Å². The zero-order valence-electron chi connectivity index (χ0n) is 10.7. The summed E-state index contributed by atoms with van der Waals surface area (Å²) in [6.07, 6.45) is 2.28. The summed E-state index contributed by atoms with van der Waals surface area (Å²) in [7, 11) is 0. The first-order valence-electron chi connectivity index (χ1n) is 5.81. The van der Waals surface area contributed by atoms with E-state index in [0.717, 1.165) is 6.20 Å². The van der Waals surface area contributed by atoms with Gasteiger partial charge in [-0.2, -0.15) is 0 Å². The number of nitrogens with one attached hydrogen (secondary N) is 1. The van der Waals surface area contributed by atoms with Crippen LogP contribution in [0.1, 0.15) is 26.3 Å². The van der Waals surface area contributed by atoms with Crippen molar-refractivity contribution in [2.75, 3.05) is 5.32 Å². The molecule has 0 saturated carbocycles. The molecule has 0 radical (unpaired) electrons. The molecule has 1 aromatic carbocycles. The highest BCUT2D eigenvalue weighted by Gasteiger charge is 2.14. The van der Waals surface area contributed by atoms with Crippen molar-refractivity contribution in [2.24, 2.45) is 5.73 Å². The Kier molecular flexibility index (Phi) is 3.74. The van der Waals surface area contributed by atoms with Gasteiger partial charge in [0.05, 0.1) is 11.8 Å². The second kappa shape index (κ2) is 5.48. The van der Waals surface area contributed by atoms with Crippen LogP contribution in [0.25, 0.3) is 0 Å². The number of rotatable bonds is 3. The molecule has 0 aliphatic rings. The molecule has 2 aromatic rings. The van der Waals surface area contributed by atoms with Crippen molar-refractivity contribution in [2.45, 2.75) is 6.92 Å². The van der Waals surface area contributed by atoms with Gasteiger partial charge in [0.1, 0.15) is 0 Å². The third kappa shape index (κ3) is 2.64. The van der Waals surface area contributed by atoms with Crippen molar-refractivity contribution in [1.82, 2.24) is 4.98 Å². The zero-order chi connectivity index (χ0) is 14.7. The molecule has 2 amide bonds. The smallest absolute Gasteiger partial charge is 0.258 e. The Morgan fingerprint density at radius 2 is 2.00 bits per heavy atom. The lowest BCUT2D eigenvalue weighted by molar-refractivity contribution is 0.0994. The van der Waals surface area contributed by atoms with Gasteiger partial charge in [-0.05, 0) is 30.7 Å². The number of amides is 2. The quantitative estimate of drug-likeness (QED) is 0.895. The summed E-state index contributed by atoms with van der Waals surface area (Å²) in [5.41, 5.74) is 6.35. The summed E-state index contributed by atoms with van der Waals surface area (Å²) in [5, 5.41) is 2.55. The minimum absolute atomic E-state index is 0.121. The lowest BCUT2D eigenvalue weighted by Crippen LogP contribution is -2.17. The van der Waals surface area contributed by atoms with Gasteiger partial charge in [0.2, 0.25) is 5.91 Å². The second-order valence-electron chi connectivity index (χ2n) is 4.15. The number of primary amides is 1. The maximum absolute atomic E-state index is 13.5. The van der Waals surface area contributed by atoms with Gasteiger partial charge in [-0.25, -0.2) is 4.39 Å². The van der Waals surface area contributed by atoms with E-state index >= 15 is 0 Å². The number of hydrogen-bond donors (Lipinski definition) is 2. The summed E-state index contributed by atoms with van der Waals surface area (Å²) in [6, 6.07) is 6.03. The number of aromatic nitrogens is 1. The molecule has 5 nitrogen and oxygen atoms in total. The molecule has 6 heteroatoms. The lowest BCUT2D eigenvalue weighted by Gasteiger charge is -2.11. The monoisotopic (exact) mass is 273 g/mol. The van der Waals surface area contributed by atoms with Crippen LogP contribution in [-0.2, 0) is 0 Å². The Hall–Kier alpha value is -2.76. The normalized spacial score (nSPS) is 10.1. The fourth-order valence-electron chi connectivity index (χ4n) is 1.79. The zero-order valence-corrected chi connectivity index (χ0v) is 10.7. The van der Waals surface area contributed by atoms with Crippen molar-refractivity contribution in [3.05, 3.63) is 59.2 Å². The standard InChI is InChI=1S/C14H12FN3O2/c1-8-9(13(16)19)3-2-4-12(8)18-14(20)10-5-6-17-7-11(10)15/h2-7H,1H3,(H2,16,19)(H,18,20). The number of benzene rings is 1. The van der Waals surface area contributed by atoms with E-state index in [9.17, 15) is 14.0 Å². The highest BCUT2D eigenvalue weighted by molar-refractivity contribution is 6.06. The van der Waals surface area contributed by atoms with Crippen LogP contribution in [-0.4, -0.2) is 16.8 Å². The average molecular weight is 273 g/mol. The van der Waals surface area contributed by atoms with Crippen LogP contribution < -0.4 is 11.1 Å². The number of nitrogens with zero attached hydrogens (tertiary/aromatic N) is 1. The van der Waals surface area contributed by atoms with Gasteiger partial charge in [0.15, 0.2) is 5.82 Å². The number of halogens is 1. The molecule has 0 unspecified atom stereocenters. The van der Waals surface area contributed by atoms with Crippen molar-refractivity contribution in [1.29, 1.82) is 0 Å². The van der Waals surface area contributed by atoms with Crippen LogP contribution >= 0.6 is 0 Å². The number of nitrogens with two attached hydrogens (primary N) is 1. The minimum Gasteiger partial charge on any atom is -0.366 e. The van der Waals surface area contributed by atoms with Gasteiger partial charge in [-0.1, -0.05) is 6.07 Å². The van der Waals surface area contributed by atoms with Gasteiger partial charge in [-0.3, -0.25) is 14.6 Å². The summed E-state index contributed by atoms with van der Waals surface area (Å²) in [4.78, 5) is 26.8. The SMILES string of the molecule is Cc1c(NC(=O)c2ccncc2F)cccc1C(N)=O. The van der Waals surface area contributed by atoms with Crippen molar-refractivity contribution < 1.29 is 14.0 Å². The van der Waals surface area contributed by atoms with Gasteiger partial charge < -0.3 is 11.1 Å². The first-order valence-corrected chi connectivity index (χ1v) is 5.81. The topological polar surface area (TPSA) is 85.1 Å². The minimum atomic E-state index is -0.714. The van der Waals surface area contributed by atoms with E-state index < -0.39 is 17.6 Å². The van der Waals surface area contributed by atoms with Crippen LogP contribution in [0.15, 0.2) is 36.7 Å². The molecule has 0 spiro atoms. The van der Waals surface area contributed by atoms with Gasteiger partial charge in [0, 0.05) is 17.4 Å². The molecule has 0 aliphatic carbocycles. The molecule has 0 aliphatic heterocycles. The number of hydrogen-bond acceptors (Lipinski definition) is 3. The number of anilines is 1. The molecule has 0 atom stereocenters. The molecule has 2 rings (SSSR count). The molecule has 0 bridgehead atoms. The Morgan fingerprint density at radius 1 is 1.25 bits per heavy atom. The molecule has 1 heterocycles. The number of carbonyl (C=O) groups excluding carboxylic acids is 2. The van der Waals surface area contributed by atoms with Crippen molar-refractivity contribution >= 4 is 17.5 Å². The maximum atomic E-state index is 13.5. The Labute approximate surface area is 114 Å². The predicted molar refractivity (Wildman–Crippen MR) is 71.8 cm³/mol. The van der Waals surface area contributed by atoms with Crippen LogP contribution in [0.3, 0.4) is 0 Å². The fraction of sp³-hybridized carbons (Fsp3) is 0.0714. The third-order valence-electron chi connectivity index (χ3n) is 2.86. The molecule has 0 saturated heterocycles. The first-order chi connectivity index (χ1) is 9.50. The summed E-state index contributed by atoms with van der Waals surface area (Å²) < 4.78 is 13.5. The summed E-state index contributed by atoms with van der Waals surface area (Å²) in [6.45, 7) is 1.65. The van der Waals surface area contributed by atoms with Crippen molar-refractivity contribution in [3.8, 4) is 0 Å². The van der Waals surface area contributed by atoms with Crippen LogP contribution in [0.4, 0.5) is 10.1 Å². The van der Waals surface area contributed by atoms with E-state index in [1.807, 2.05) is 0 Å². The van der Waals surface area contributed by atoms with E-state index in [-0.39, 0.29) is 5.56 Å².